The van der Waals surface area contributed by atoms with E-state index < -0.39 is 34.3 Å². The fourth-order valence-corrected chi connectivity index (χ4v) is 4.11. The third-order valence-electron chi connectivity index (χ3n) is 4.40. The Morgan fingerprint density at radius 1 is 1.03 bits per heavy atom. The second-order valence-electron chi connectivity index (χ2n) is 6.58. The van der Waals surface area contributed by atoms with Gasteiger partial charge in [-0.05, 0) is 54.6 Å². The van der Waals surface area contributed by atoms with Crippen LogP contribution in [-0.4, -0.2) is 33.9 Å². The van der Waals surface area contributed by atoms with Crippen LogP contribution in [0.5, 0.6) is 0 Å². The summed E-state index contributed by atoms with van der Waals surface area (Å²) in [6.07, 6.45) is 0. The Balaban J connectivity index is 1.75. The van der Waals surface area contributed by atoms with Crippen LogP contribution >= 0.6 is 11.6 Å². The lowest BCUT2D eigenvalue weighted by Crippen LogP contribution is -2.27. The Kier molecular flexibility index (Phi) is 7.12. The lowest BCUT2D eigenvalue weighted by molar-refractivity contribution is -0.119. The number of ether oxygens (including phenoxy) is 1. The lowest BCUT2D eigenvalue weighted by atomic mass is 10.2. The molecule has 0 heterocycles. The number of para-hydroxylation sites is 1. The minimum atomic E-state index is -4.08. The highest BCUT2D eigenvalue weighted by Gasteiger charge is 2.24. The molecular weight excluding hydrogens is 459 g/mol. The number of carbonyl (C=O) groups is 2. The Bertz CT molecular complexity index is 1230. The topological polar surface area (TPSA) is 92.8 Å². The summed E-state index contributed by atoms with van der Waals surface area (Å²) >= 11 is 6.05. The van der Waals surface area contributed by atoms with Gasteiger partial charge in [0.05, 0.1) is 21.2 Å². The average molecular weight is 477 g/mol. The van der Waals surface area contributed by atoms with Crippen LogP contribution in [0.15, 0.2) is 77.7 Å². The number of sulfonamides is 1. The van der Waals surface area contributed by atoms with Crippen LogP contribution in [0.1, 0.15) is 10.4 Å². The lowest BCUT2D eigenvalue weighted by Gasteiger charge is -2.20. The molecule has 0 saturated carbocycles. The first-order chi connectivity index (χ1) is 15.2. The van der Waals surface area contributed by atoms with Gasteiger partial charge in [-0.3, -0.25) is 9.10 Å². The molecule has 0 spiro atoms. The maximum absolute atomic E-state index is 13.1. The third kappa shape index (κ3) is 5.43. The van der Waals surface area contributed by atoms with E-state index in [9.17, 15) is 22.4 Å². The van der Waals surface area contributed by atoms with Crippen LogP contribution in [-0.2, 0) is 19.6 Å². The summed E-state index contributed by atoms with van der Waals surface area (Å²) in [6, 6.07) is 17.0. The van der Waals surface area contributed by atoms with Crippen molar-refractivity contribution >= 4 is 44.9 Å². The molecule has 32 heavy (non-hydrogen) atoms. The fraction of sp³-hybridized carbons (Fsp3) is 0.0909. The monoisotopic (exact) mass is 476 g/mol. The first-order valence-corrected chi connectivity index (χ1v) is 11.1. The number of carbonyl (C=O) groups excluding carboxylic acids is 2. The molecule has 10 heteroatoms. The summed E-state index contributed by atoms with van der Waals surface area (Å²) in [7, 11) is -2.79. The summed E-state index contributed by atoms with van der Waals surface area (Å²) in [5.41, 5.74) is 0.541. The standard InChI is InChI=1S/C22H18ClFN2O5S/c1-26(17-9-7-15(24)8-10-17)32(29,30)18-11-12-20(23)19(13-18)22(28)31-14-21(27)25-16-5-3-2-4-6-16/h2-13H,14H2,1H3,(H,25,27). The molecule has 0 aliphatic carbocycles. The summed E-state index contributed by atoms with van der Waals surface area (Å²) in [5, 5.41) is 2.52. The maximum atomic E-state index is 13.1. The van der Waals surface area contributed by atoms with Crippen molar-refractivity contribution in [3.63, 3.8) is 0 Å². The first kappa shape index (κ1) is 23.2. The first-order valence-electron chi connectivity index (χ1n) is 9.24. The number of anilines is 2. The van der Waals surface area contributed by atoms with E-state index >= 15 is 0 Å². The van der Waals surface area contributed by atoms with Crippen molar-refractivity contribution in [2.24, 2.45) is 0 Å². The molecule has 0 fully saturated rings. The number of halogens is 2. The molecule has 3 aromatic rings. The Morgan fingerprint density at radius 3 is 2.34 bits per heavy atom. The van der Waals surface area contributed by atoms with Gasteiger partial charge in [-0.2, -0.15) is 0 Å². The van der Waals surface area contributed by atoms with Gasteiger partial charge in [0.2, 0.25) is 0 Å². The molecule has 0 atom stereocenters. The van der Waals surface area contributed by atoms with Crippen LogP contribution in [0, 0.1) is 5.82 Å². The molecule has 0 aliphatic heterocycles. The predicted molar refractivity (Wildman–Crippen MR) is 119 cm³/mol. The molecule has 1 amide bonds. The Labute approximate surface area is 189 Å². The van der Waals surface area contributed by atoms with Crippen molar-refractivity contribution in [3.05, 3.63) is 89.2 Å². The number of benzene rings is 3. The number of amides is 1. The van der Waals surface area contributed by atoms with E-state index in [0.717, 1.165) is 22.5 Å². The van der Waals surface area contributed by atoms with Gasteiger partial charge in [-0.25, -0.2) is 17.6 Å². The normalized spacial score (nSPS) is 11.0. The average Bonchev–Trinajstić information content (AvgIpc) is 2.78. The second kappa shape index (κ2) is 9.80. The van der Waals surface area contributed by atoms with Crippen molar-refractivity contribution in [1.82, 2.24) is 0 Å². The third-order valence-corrected chi connectivity index (χ3v) is 6.51. The molecule has 0 bridgehead atoms. The van der Waals surface area contributed by atoms with Crippen LogP contribution in [0.4, 0.5) is 15.8 Å². The Hall–Kier alpha value is -3.43. The van der Waals surface area contributed by atoms with Crippen molar-refractivity contribution in [1.29, 1.82) is 0 Å². The maximum Gasteiger partial charge on any atom is 0.340 e. The molecular formula is C22H18ClFN2O5S. The molecule has 166 valence electrons. The summed E-state index contributed by atoms with van der Waals surface area (Å²) in [5.74, 6) is -2.03. The minimum Gasteiger partial charge on any atom is -0.452 e. The molecule has 7 nitrogen and oxygen atoms in total. The summed E-state index contributed by atoms with van der Waals surface area (Å²) < 4.78 is 45.0. The molecule has 3 rings (SSSR count). The Morgan fingerprint density at radius 2 is 1.69 bits per heavy atom. The largest absolute Gasteiger partial charge is 0.452 e. The van der Waals surface area contributed by atoms with E-state index in [-0.39, 0.29) is 21.2 Å². The highest BCUT2D eigenvalue weighted by atomic mass is 35.5. The fourth-order valence-electron chi connectivity index (χ4n) is 2.70. The van der Waals surface area contributed by atoms with Crippen molar-refractivity contribution < 1.29 is 27.1 Å². The zero-order chi connectivity index (χ0) is 23.3. The van der Waals surface area contributed by atoms with Crippen LogP contribution in [0.25, 0.3) is 0 Å². The number of rotatable bonds is 7. The van der Waals surface area contributed by atoms with Gasteiger partial charge in [0, 0.05) is 12.7 Å². The van der Waals surface area contributed by atoms with Gasteiger partial charge in [0.25, 0.3) is 15.9 Å². The summed E-state index contributed by atoms with van der Waals surface area (Å²) in [6.45, 7) is -0.587. The van der Waals surface area contributed by atoms with Gasteiger partial charge < -0.3 is 10.1 Å². The van der Waals surface area contributed by atoms with Crippen LogP contribution < -0.4 is 9.62 Å². The van der Waals surface area contributed by atoms with E-state index in [1.807, 2.05) is 0 Å². The molecule has 0 unspecified atom stereocenters. The van der Waals surface area contributed by atoms with Crippen LogP contribution in [0.3, 0.4) is 0 Å². The zero-order valence-corrected chi connectivity index (χ0v) is 18.4. The number of nitrogens with one attached hydrogen (secondary N) is 1. The van der Waals surface area contributed by atoms with E-state index in [4.69, 9.17) is 16.3 Å². The highest BCUT2D eigenvalue weighted by molar-refractivity contribution is 7.92. The van der Waals surface area contributed by atoms with Gasteiger partial charge in [0.1, 0.15) is 5.82 Å². The zero-order valence-electron chi connectivity index (χ0n) is 16.8. The number of esters is 1. The number of nitrogens with zero attached hydrogens (tertiary/aromatic N) is 1. The van der Waals surface area contributed by atoms with Crippen molar-refractivity contribution in [3.8, 4) is 0 Å². The molecule has 0 saturated heterocycles. The van der Waals surface area contributed by atoms with Gasteiger partial charge >= 0.3 is 5.97 Å². The van der Waals surface area contributed by atoms with Crippen LogP contribution in [0.2, 0.25) is 5.02 Å². The van der Waals surface area contributed by atoms with Gasteiger partial charge in [0.15, 0.2) is 6.61 Å². The van der Waals surface area contributed by atoms with E-state index in [1.54, 1.807) is 30.3 Å². The smallest absolute Gasteiger partial charge is 0.340 e. The second-order valence-corrected chi connectivity index (χ2v) is 8.96. The van der Waals surface area contributed by atoms with Crippen molar-refractivity contribution in [2.75, 3.05) is 23.3 Å². The SMILES string of the molecule is CN(c1ccc(F)cc1)S(=O)(=O)c1ccc(Cl)c(C(=O)OCC(=O)Nc2ccccc2)c1. The molecule has 0 aliphatic rings. The van der Waals surface area contributed by atoms with Gasteiger partial charge in [-0.15, -0.1) is 0 Å². The highest BCUT2D eigenvalue weighted by Crippen LogP contribution is 2.26. The molecule has 1 N–H and O–H groups in total. The van der Waals surface area contributed by atoms with Gasteiger partial charge in [-0.1, -0.05) is 29.8 Å². The number of hydrogen-bond acceptors (Lipinski definition) is 5. The minimum absolute atomic E-state index is 0.0400. The molecule has 3 aromatic carbocycles. The van der Waals surface area contributed by atoms with E-state index in [1.165, 1.54) is 31.3 Å². The summed E-state index contributed by atoms with van der Waals surface area (Å²) in [4.78, 5) is 24.2. The number of hydrogen-bond donors (Lipinski definition) is 1. The van der Waals surface area contributed by atoms with E-state index in [2.05, 4.69) is 5.32 Å². The molecule has 0 radical (unpaired) electrons. The van der Waals surface area contributed by atoms with Crippen molar-refractivity contribution in [2.45, 2.75) is 4.90 Å². The predicted octanol–water partition coefficient (Wildman–Crippen LogP) is 4.10. The molecule has 0 aromatic heterocycles. The quantitative estimate of drug-likeness (QED) is 0.518. The van der Waals surface area contributed by atoms with E-state index in [0.29, 0.717) is 5.69 Å².